The first-order valence-electron chi connectivity index (χ1n) is 5.92. The molecule has 2 unspecified atom stereocenters. The van der Waals surface area contributed by atoms with E-state index >= 15 is 0 Å². The molecule has 1 fully saturated rings. The Labute approximate surface area is 89.1 Å². The minimum atomic E-state index is 0.337. The van der Waals surface area contributed by atoms with Crippen LogP contribution in [0.5, 0.6) is 0 Å². The molecule has 0 aromatic carbocycles. The van der Waals surface area contributed by atoms with Gasteiger partial charge in [-0.25, -0.2) is 0 Å². The van der Waals surface area contributed by atoms with Crippen molar-refractivity contribution in [2.45, 2.75) is 52.1 Å². The number of hydrogen-bond donors (Lipinski definition) is 1. The SMILES string of the molecule is CCC(C)(C)N(C)CC1NCCC1C. The van der Waals surface area contributed by atoms with Crippen molar-refractivity contribution < 1.29 is 0 Å². The molecular formula is C12H26N2. The molecule has 84 valence electrons. The molecule has 0 saturated carbocycles. The lowest BCUT2D eigenvalue weighted by molar-refractivity contribution is 0.132. The number of nitrogens with zero attached hydrogens (tertiary/aromatic N) is 1. The zero-order valence-electron chi connectivity index (χ0n) is 10.4. The predicted molar refractivity (Wildman–Crippen MR) is 62.6 cm³/mol. The van der Waals surface area contributed by atoms with Gasteiger partial charge in [0.15, 0.2) is 0 Å². The third kappa shape index (κ3) is 2.71. The lowest BCUT2D eigenvalue weighted by atomic mass is 9.97. The summed E-state index contributed by atoms with van der Waals surface area (Å²) in [6.07, 6.45) is 2.55. The van der Waals surface area contributed by atoms with Crippen LogP contribution in [0.2, 0.25) is 0 Å². The van der Waals surface area contributed by atoms with Gasteiger partial charge >= 0.3 is 0 Å². The molecule has 1 heterocycles. The second-order valence-corrected chi connectivity index (χ2v) is 5.37. The third-order valence-electron chi connectivity index (χ3n) is 4.06. The Kier molecular flexibility index (Phi) is 3.96. The highest BCUT2D eigenvalue weighted by molar-refractivity contribution is 4.87. The Hall–Kier alpha value is -0.0800. The molecule has 0 aromatic rings. The molecule has 0 amide bonds. The Morgan fingerprint density at radius 3 is 2.50 bits per heavy atom. The van der Waals surface area contributed by atoms with E-state index in [1.54, 1.807) is 0 Å². The van der Waals surface area contributed by atoms with Gasteiger partial charge in [0.2, 0.25) is 0 Å². The molecule has 0 spiro atoms. The van der Waals surface area contributed by atoms with Crippen LogP contribution in [0.4, 0.5) is 0 Å². The van der Waals surface area contributed by atoms with Crippen molar-refractivity contribution in [2.75, 3.05) is 20.1 Å². The maximum Gasteiger partial charge on any atom is 0.0221 e. The van der Waals surface area contributed by atoms with Crippen molar-refractivity contribution in [3.8, 4) is 0 Å². The Bertz CT molecular complexity index is 177. The lowest BCUT2D eigenvalue weighted by Crippen LogP contribution is -2.47. The molecule has 0 aromatic heterocycles. The fourth-order valence-corrected chi connectivity index (χ4v) is 1.96. The van der Waals surface area contributed by atoms with Crippen LogP contribution in [-0.4, -0.2) is 36.6 Å². The van der Waals surface area contributed by atoms with E-state index in [1.807, 2.05) is 0 Å². The number of nitrogens with one attached hydrogen (secondary N) is 1. The second-order valence-electron chi connectivity index (χ2n) is 5.37. The average molecular weight is 198 g/mol. The fraction of sp³-hybridized carbons (Fsp3) is 1.00. The van der Waals surface area contributed by atoms with Gasteiger partial charge in [-0.2, -0.15) is 0 Å². The molecule has 2 nitrogen and oxygen atoms in total. The molecular weight excluding hydrogens is 172 g/mol. The van der Waals surface area contributed by atoms with E-state index in [9.17, 15) is 0 Å². The quantitative estimate of drug-likeness (QED) is 0.744. The number of likely N-dealkylation sites (N-methyl/N-ethyl adjacent to an activating group) is 1. The maximum absolute atomic E-state index is 3.59. The second kappa shape index (κ2) is 4.63. The van der Waals surface area contributed by atoms with Crippen molar-refractivity contribution >= 4 is 0 Å². The van der Waals surface area contributed by atoms with Gasteiger partial charge in [-0.05, 0) is 46.2 Å². The van der Waals surface area contributed by atoms with Gasteiger partial charge in [0, 0.05) is 18.1 Å². The summed E-state index contributed by atoms with van der Waals surface area (Å²) in [5, 5.41) is 3.59. The highest BCUT2D eigenvalue weighted by Crippen LogP contribution is 2.21. The van der Waals surface area contributed by atoms with Crippen LogP contribution < -0.4 is 5.32 Å². The first kappa shape index (κ1) is 12.0. The van der Waals surface area contributed by atoms with Crippen molar-refractivity contribution in [2.24, 2.45) is 5.92 Å². The standard InChI is InChI=1S/C12H26N2/c1-6-12(3,4)14(5)9-11-10(2)7-8-13-11/h10-11,13H,6-9H2,1-5H3. The molecule has 1 N–H and O–H groups in total. The normalized spacial score (nSPS) is 28.7. The van der Waals surface area contributed by atoms with Crippen LogP contribution >= 0.6 is 0 Å². The summed E-state index contributed by atoms with van der Waals surface area (Å²) >= 11 is 0. The molecule has 1 saturated heterocycles. The third-order valence-corrected chi connectivity index (χ3v) is 4.06. The summed E-state index contributed by atoms with van der Waals surface area (Å²) in [6.45, 7) is 11.7. The molecule has 1 aliphatic heterocycles. The fourth-order valence-electron chi connectivity index (χ4n) is 1.96. The van der Waals surface area contributed by atoms with Gasteiger partial charge in [0.1, 0.15) is 0 Å². The average Bonchev–Trinajstić information content (AvgIpc) is 2.52. The van der Waals surface area contributed by atoms with Crippen LogP contribution in [0.15, 0.2) is 0 Å². The van der Waals surface area contributed by atoms with Crippen LogP contribution in [-0.2, 0) is 0 Å². The van der Waals surface area contributed by atoms with Crippen molar-refractivity contribution in [1.82, 2.24) is 10.2 Å². The van der Waals surface area contributed by atoms with Gasteiger partial charge in [0.25, 0.3) is 0 Å². The number of hydrogen-bond acceptors (Lipinski definition) is 2. The molecule has 2 heteroatoms. The van der Waals surface area contributed by atoms with Crippen LogP contribution in [0.25, 0.3) is 0 Å². The summed E-state index contributed by atoms with van der Waals surface area (Å²) in [5.41, 5.74) is 0.337. The van der Waals surface area contributed by atoms with E-state index < -0.39 is 0 Å². The zero-order chi connectivity index (χ0) is 10.8. The topological polar surface area (TPSA) is 15.3 Å². The van der Waals surface area contributed by atoms with Crippen LogP contribution in [0.3, 0.4) is 0 Å². The molecule has 1 aliphatic rings. The van der Waals surface area contributed by atoms with E-state index in [2.05, 4.69) is 45.0 Å². The van der Waals surface area contributed by atoms with E-state index in [0.29, 0.717) is 11.6 Å². The first-order valence-corrected chi connectivity index (χ1v) is 5.92. The van der Waals surface area contributed by atoms with E-state index in [1.165, 1.54) is 25.9 Å². The zero-order valence-corrected chi connectivity index (χ0v) is 10.4. The highest BCUT2D eigenvalue weighted by Gasteiger charge is 2.28. The largest absolute Gasteiger partial charge is 0.312 e. The van der Waals surface area contributed by atoms with Crippen molar-refractivity contribution in [3.63, 3.8) is 0 Å². The van der Waals surface area contributed by atoms with Gasteiger partial charge in [-0.15, -0.1) is 0 Å². The van der Waals surface area contributed by atoms with Crippen LogP contribution in [0, 0.1) is 5.92 Å². The molecule has 0 radical (unpaired) electrons. The molecule has 14 heavy (non-hydrogen) atoms. The Morgan fingerprint density at radius 2 is 2.07 bits per heavy atom. The lowest BCUT2D eigenvalue weighted by Gasteiger charge is -2.37. The minimum absolute atomic E-state index is 0.337. The van der Waals surface area contributed by atoms with Gasteiger partial charge in [0.05, 0.1) is 0 Å². The monoisotopic (exact) mass is 198 g/mol. The van der Waals surface area contributed by atoms with E-state index in [-0.39, 0.29) is 0 Å². The summed E-state index contributed by atoms with van der Waals surface area (Å²) in [4.78, 5) is 2.49. The summed E-state index contributed by atoms with van der Waals surface area (Å²) < 4.78 is 0. The minimum Gasteiger partial charge on any atom is -0.312 e. The number of rotatable bonds is 4. The summed E-state index contributed by atoms with van der Waals surface area (Å²) in [5.74, 6) is 0.838. The Morgan fingerprint density at radius 1 is 1.43 bits per heavy atom. The molecule has 1 rings (SSSR count). The molecule has 0 bridgehead atoms. The van der Waals surface area contributed by atoms with E-state index in [4.69, 9.17) is 0 Å². The first-order chi connectivity index (χ1) is 6.47. The highest BCUT2D eigenvalue weighted by atomic mass is 15.2. The Balaban J connectivity index is 2.43. The van der Waals surface area contributed by atoms with Gasteiger partial charge in [-0.1, -0.05) is 13.8 Å². The van der Waals surface area contributed by atoms with Gasteiger partial charge in [-0.3, -0.25) is 4.90 Å². The van der Waals surface area contributed by atoms with Crippen molar-refractivity contribution in [3.05, 3.63) is 0 Å². The smallest absolute Gasteiger partial charge is 0.0221 e. The summed E-state index contributed by atoms with van der Waals surface area (Å²) in [7, 11) is 2.25. The maximum atomic E-state index is 3.59. The summed E-state index contributed by atoms with van der Waals surface area (Å²) in [6, 6.07) is 0.700. The van der Waals surface area contributed by atoms with Gasteiger partial charge < -0.3 is 5.32 Å². The molecule has 0 aliphatic carbocycles. The van der Waals surface area contributed by atoms with Crippen LogP contribution in [0.1, 0.15) is 40.5 Å². The molecule has 2 atom stereocenters. The van der Waals surface area contributed by atoms with Crippen molar-refractivity contribution in [1.29, 1.82) is 0 Å². The predicted octanol–water partition coefficient (Wildman–Crippen LogP) is 2.10. The van der Waals surface area contributed by atoms with E-state index in [0.717, 1.165) is 5.92 Å².